The molecule has 0 aromatic heterocycles. The molecule has 0 fully saturated rings. The van der Waals surface area contributed by atoms with Gasteiger partial charge in [0.25, 0.3) is 5.91 Å². The van der Waals surface area contributed by atoms with Crippen LogP contribution < -0.4 is 16.8 Å². The highest BCUT2D eigenvalue weighted by molar-refractivity contribution is 6.00. The first kappa shape index (κ1) is 14.3. The van der Waals surface area contributed by atoms with Gasteiger partial charge >= 0.3 is 0 Å². The molecule has 5 heteroatoms. The summed E-state index contributed by atoms with van der Waals surface area (Å²) in [6.07, 6.45) is 2.17. The van der Waals surface area contributed by atoms with Crippen molar-refractivity contribution in [3.63, 3.8) is 0 Å². The summed E-state index contributed by atoms with van der Waals surface area (Å²) in [6, 6.07) is 5.27. The van der Waals surface area contributed by atoms with Crippen molar-refractivity contribution in [2.75, 3.05) is 38.2 Å². The second-order valence-corrected chi connectivity index (χ2v) is 4.57. The van der Waals surface area contributed by atoms with Crippen LogP contribution in [0, 0.1) is 0 Å². The quantitative estimate of drug-likeness (QED) is 0.500. The van der Waals surface area contributed by atoms with Crippen LogP contribution in [0.4, 0.5) is 11.4 Å². The third kappa shape index (κ3) is 4.25. The molecule has 1 amide bonds. The Morgan fingerprint density at radius 3 is 2.67 bits per heavy atom. The zero-order valence-corrected chi connectivity index (χ0v) is 11.1. The minimum atomic E-state index is -0.497. The Labute approximate surface area is 108 Å². The molecule has 5 nitrogen and oxygen atoms in total. The molecular weight excluding hydrogens is 228 g/mol. The molecule has 1 aromatic rings. The van der Waals surface area contributed by atoms with Gasteiger partial charge in [-0.15, -0.1) is 0 Å². The molecule has 0 saturated heterocycles. The van der Waals surface area contributed by atoms with Crippen molar-refractivity contribution in [3.8, 4) is 0 Å². The number of nitrogens with zero attached hydrogens (tertiary/aromatic N) is 1. The van der Waals surface area contributed by atoms with Crippen molar-refractivity contribution < 1.29 is 4.79 Å². The number of carbonyl (C=O) groups is 1. The van der Waals surface area contributed by atoms with Crippen molar-refractivity contribution in [1.29, 1.82) is 0 Å². The Balaban J connectivity index is 2.48. The van der Waals surface area contributed by atoms with Crippen LogP contribution in [0.25, 0.3) is 0 Å². The molecule has 0 atom stereocenters. The van der Waals surface area contributed by atoms with Crippen LogP contribution in [0.1, 0.15) is 23.2 Å². The lowest BCUT2D eigenvalue weighted by Gasteiger charge is -2.12. The number of anilines is 2. The Morgan fingerprint density at radius 2 is 2.06 bits per heavy atom. The standard InChI is InChI=1S/C13H22N4O/c1-17(2)9-4-3-8-16-11-7-5-6-10(12(11)14)13(15)18/h5-7,16H,3-4,8-9,14H2,1-2H3,(H2,15,18). The Hall–Kier alpha value is -1.75. The number of carbonyl (C=O) groups excluding carboxylic acids is 1. The fraction of sp³-hybridized carbons (Fsp3) is 0.462. The van der Waals surface area contributed by atoms with Crippen molar-refractivity contribution in [2.24, 2.45) is 5.73 Å². The van der Waals surface area contributed by atoms with E-state index >= 15 is 0 Å². The average molecular weight is 250 g/mol. The summed E-state index contributed by atoms with van der Waals surface area (Å²) < 4.78 is 0. The number of nitrogens with one attached hydrogen (secondary N) is 1. The van der Waals surface area contributed by atoms with Crippen LogP contribution in [0.3, 0.4) is 0 Å². The molecule has 0 radical (unpaired) electrons. The zero-order valence-electron chi connectivity index (χ0n) is 11.1. The van der Waals surface area contributed by atoms with E-state index in [0.717, 1.165) is 31.6 Å². The predicted molar refractivity (Wildman–Crippen MR) is 75.7 cm³/mol. The highest BCUT2D eigenvalue weighted by Crippen LogP contribution is 2.22. The van der Waals surface area contributed by atoms with Gasteiger partial charge in [0.2, 0.25) is 0 Å². The molecule has 0 bridgehead atoms. The van der Waals surface area contributed by atoms with E-state index in [1.165, 1.54) is 0 Å². The minimum absolute atomic E-state index is 0.369. The lowest BCUT2D eigenvalue weighted by Crippen LogP contribution is -2.16. The highest BCUT2D eigenvalue weighted by Gasteiger charge is 2.08. The molecule has 0 heterocycles. The maximum absolute atomic E-state index is 11.1. The van der Waals surface area contributed by atoms with E-state index in [9.17, 15) is 4.79 Å². The van der Waals surface area contributed by atoms with Crippen LogP contribution in [-0.4, -0.2) is 38.0 Å². The van der Waals surface area contributed by atoms with E-state index in [4.69, 9.17) is 11.5 Å². The van der Waals surface area contributed by atoms with Crippen LogP contribution in [-0.2, 0) is 0 Å². The number of nitrogen functional groups attached to an aromatic ring is 1. The van der Waals surface area contributed by atoms with E-state index in [1.807, 2.05) is 6.07 Å². The second-order valence-electron chi connectivity index (χ2n) is 4.57. The van der Waals surface area contributed by atoms with E-state index in [0.29, 0.717) is 11.3 Å². The van der Waals surface area contributed by atoms with Crippen LogP contribution in [0.2, 0.25) is 0 Å². The summed E-state index contributed by atoms with van der Waals surface area (Å²) in [5.41, 5.74) is 12.7. The molecule has 5 N–H and O–H groups in total. The first-order chi connectivity index (χ1) is 8.52. The van der Waals surface area contributed by atoms with Crippen molar-refractivity contribution in [3.05, 3.63) is 23.8 Å². The third-order valence-electron chi connectivity index (χ3n) is 2.72. The second kappa shape index (κ2) is 6.86. The van der Waals surface area contributed by atoms with E-state index in [1.54, 1.807) is 12.1 Å². The van der Waals surface area contributed by atoms with Crippen LogP contribution in [0.15, 0.2) is 18.2 Å². The Bertz CT molecular complexity index is 404. The number of hydrogen-bond donors (Lipinski definition) is 3. The molecule has 0 aliphatic carbocycles. The number of para-hydroxylation sites is 1. The summed E-state index contributed by atoms with van der Waals surface area (Å²) in [7, 11) is 4.11. The number of unbranched alkanes of at least 4 members (excludes halogenated alkanes) is 1. The maximum atomic E-state index is 11.1. The molecule has 0 spiro atoms. The molecule has 0 saturated carbocycles. The lowest BCUT2D eigenvalue weighted by molar-refractivity contribution is 0.100. The zero-order chi connectivity index (χ0) is 13.5. The van der Waals surface area contributed by atoms with Gasteiger partial charge in [0.15, 0.2) is 0 Å². The van der Waals surface area contributed by atoms with Gasteiger partial charge in [0.05, 0.1) is 16.9 Å². The van der Waals surface area contributed by atoms with E-state index in [2.05, 4.69) is 24.3 Å². The topological polar surface area (TPSA) is 84.4 Å². The number of benzene rings is 1. The minimum Gasteiger partial charge on any atom is -0.396 e. The summed E-state index contributed by atoms with van der Waals surface area (Å²) in [4.78, 5) is 13.3. The molecule has 18 heavy (non-hydrogen) atoms. The predicted octanol–water partition coefficient (Wildman–Crippen LogP) is 1.12. The van der Waals surface area contributed by atoms with Gasteiger partial charge in [0, 0.05) is 6.54 Å². The SMILES string of the molecule is CN(C)CCCCNc1cccc(C(N)=O)c1N. The van der Waals surface area contributed by atoms with E-state index < -0.39 is 5.91 Å². The van der Waals surface area contributed by atoms with Gasteiger partial charge in [-0.2, -0.15) is 0 Å². The first-order valence-electron chi connectivity index (χ1n) is 6.09. The maximum Gasteiger partial charge on any atom is 0.250 e. The fourth-order valence-electron chi connectivity index (χ4n) is 1.71. The van der Waals surface area contributed by atoms with Crippen LogP contribution >= 0.6 is 0 Å². The van der Waals surface area contributed by atoms with Crippen molar-refractivity contribution in [1.82, 2.24) is 4.90 Å². The van der Waals surface area contributed by atoms with Gasteiger partial charge in [-0.25, -0.2) is 0 Å². The molecule has 0 unspecified atom stereocenters. The third-order valence-corrected chi connectivity index (χ3v) is 2.72. The van der Waals surface area contributed by atoms with Crippen LogP contribution in [0.5, 0.6) is 0 Å². The lowest BCUT2D eigenvalue weighted by atomic mass is 10.1. The van der Waals surface area contributed by atoms with Crippen molar-refractivity contribution in [2.45, 2.75) is 12.8 Å². The number of amides is 1. The first-order valence-corrected chi connectivity index (χ1v) is 6.09. The fourth-order valence-corrected chi connectivity index (χ4v) is 1.71. The number of hydrogen-bond acceptors (Lipinski definition) is 4. The molecule has 0 aliphatic heterocycles. The van der Waals surface area contributed by atoms with E-state index in [-0.39, 0.29) is 0 Å². The summed E-state index contributed by atoms with van der Waals surface area (Å²) >= 11 is 0. The largest absolute Gasteiger partial charge is 0.396 e. The summed E-state index contributed by atoms with van der Waals surface area (Å²) in [5.74, 6) is -0.497. The van der Waals surface area contributed by atoms with Crippen molar-refractivity contribution >= 4 is 17.3 Å². The Kier molecular flexibility index (Phi) is 5.45. The number of rotatable bonds is 7. The summed E-state index contributed by atoms with van der Waals surface area (Å²) in [5, 5.41) is 3.23. The summed E-state index contributed by atoms with van der Waals surface area (Å²) in [6.45, 7) is 1.90. The highest BCUT2D eigenvalue weighted by atomic mass is 16.1. The molecule has 0 aliphatic rings. The Morgan fingerprint density at radius 1 is 1.33 bits per heavy atom. The average Bonchev–Trinajstić information content (AvgIpc) is 2.30. The molecular formula is C13H22N4O. The molecule has 1 rings (SSSR count). The monoisotopic (exact) mass is 250 g/mol. The number of primary amides is 1. The molecule has 100 valence electrons. The number of nitrogens with two attached hydrogens (primary N) is 2. The van der Waals surface area contributed by atoms with Gasteiger partial charge in [-0.1, -0.05) is 6.07 Å². The normalized spacial score (nSPS) is 10.6. The smallest absolute Gasteiger partial charge is 0.250 e. The van der Waals surface area contributed by atoms with Gasteiger partial charge in [0.1, 0.15) is 0 Å². The van der Waals surface area contributed by atoms with Gasteiger partial charge in [-0.05, 0) is 45.6 Å². The molecule has 1 aromatic carbocycles. The van der Waals surface area contributed by atoms with Gasteiger partial charge in [-0.3, -0.25) is 4.79 Å². The van der Waals surface area contributed by atoms with Gasteiger partial charge < -0.3 is 21.7 Å².